The Morgan fingerprint density at radius 3 is 2.32 bits per heavy atom. The van der Waals surface area contributed by atoms with Gasteiger partial charge in [0.15, 0.2) is 5.82 Å². The van der Waals surface area contributed by atoms with E-state index in [1.54, 1.807) is 11.3 Å². The Balaban J connectivity index is 2.05. The lowest BCUT2D eigenvalue weighted by Gasteiger charge is -2.13. The molecule has 0 unspecified atom stereocenters. The molecule has 0 amide bonds. The zero-order chi connectivity index (χ0) is 13.4. The van der Waals surface area contributed by atoms with Crippen LogP contribution in [-0.4, -0.2) is 9.97 Å². The Kier molecular flexibility index (Phi) is 3.79. The van der Waals surface area contributed by atoms with Crippen LogP contribution in [0.1, 0.15) is 42.7 Å². The highest BCUT2D eigenvalue weighted by atomic mass is 35.5. The van der Waals surface area contributed by atoms with Gasteiger partial charge in [0.2, 0.25) is 0 Å². The van der Waals surface area contributed by atoms with Crippen molar-refractivity contribution >= 4 is 34.5 Å². The van der Waals surface area contributed by atoms with Crippen LogP contribution in [0.5, 0.6) is 0 Å². The predicted octanol–water partition coefficient (Wildman–Crippen LogP) is 5.48. The lowest BCUT2D eigenvalue weighted by atomic mass is 10.0. The third kappa shape index (κ3) is 2.51. The van der Waals surface area contributed by atoms with Crippen LogP contribution in [0.4, 0.5) is 0 Å². The normalized spacial score (nSPS) is 16.2. The maximum absolute atomic E-state index is 6.35. The van der Waals surface area contributed by atoms with Crippen molar-refractivity contribution in [1.82, 2.24) is 9.97 Å². The van der Waals surface area contributed by atoms with Gasteiger partial charge in [0.05, 0.1) is 4.88 Å². The second-order valence-electron chi connectivity index (χ2n) is 4.96. The van der Waals surface area contributed by atoms with Gasteiger partial charge in [0.1, 0.15) is 10.3 Å². The largest absolute Gasteiger partial charge is 0.215 e. The maximum Gasteiger partial charge on any atom is 0.172 e. The van der Waals surface area contributed by atoms with Crippen molar-refractivity contribution in [2.75, 3.05) is 0 Å². The molecule has 1 aliphatic carbocycles. The van der Waals surface area contributed by atoms with Gasteiger partial charge in [-0.3, -0.25) is 0 Å². The SMILES string of the molecule is Cc1ccsc1-c1nc(Cl)c(C2CCCC2)c(Cl)n1. The number of aromatic nitrogens is 2. The smallest absolute Gasteiger partial charge is 0.172 e. The van der Waals surface area contributed by atoms with Gasteiger partial charge in [-0.25, -0.2) is 9.97 Å². The Morgan fingerprint density at radius 1 is 1.16 bits per heavy atom. The summed E-state index contributed by atoms with van der Waals surface area (Å²) in [5, 5.41) is 3.07. The van der Waals surface area contributed by atoms with E-state index >= 15 is 0 Å². The highest BCUT2D eigenvalue weighted by molar-refractivity contribution is 7.13. The fourth-order valence-corrected chi connectivity index (χ4v) is 4.23. The van der Waals surface area contributed by atoms with E-state index < -0.39 is 0 Å². The van der Waals surface area contributed by atoms with E-state index in [2.05, 4.69) is 16.0 Å². The standard InChI is InChI=1S/C14H14Cl2N2S/c1-8-6-7-19-11(8)14-17-12(15)10(13(16)18-14)9-4-2-3-5-9/h6-7,9H,2-5H2,1H3. The number of hydrogen-bond donors (Lipinski definition) is 0. The third-order valence-corrected chi connectivity index (χ3v) is 5.27. The lowest BCUT2D eigenvalue weighted by Crippen LogP contribution is -2.01. The number of thiophene rings is 1. The summed E-state index contributed by atoms with van der Waals surface area (Å²) in [5.74, 6) is 1.07. The fourth-order valence-electron chi connectivity index (χ4n) is 2.67. The molecule has 0 spiro atoms. The number of hydrogen-bond acceptors (Lipinski definition) is 3. The molecule has 0 atom stereocenters. The maximum atomic E-state index is 6.35. The van der Waals surface area contributed by atoms with Crippen LogP contribution >= 0.6 is 34.5 Å². The van der Waals surface area contributed by atoms with E-state index in [0.717, 1.165) is 28.8 Å². The molecule has 5 heteroatoms. The van der Waals surface area contributed by atoms with Gasteiger partial charge in [0, 0.05) is 5.56 Å². The van der Waals surface area contributed by atoms with Crippen molar-refractivity contribution in [3.8, 4) is 10.7 Å². The predicted molar refractivity (Wildman–Crippen MR) is 81.3 cm³/mol. The average Bonchev–Trinajstić information content (AvgIpc) is 2.99. The highest BCUT2D eigenvalue weighted by Crippen LogP contribution is 2.41. The first-order chi connectivity index (χ1) is 9.16. The first kappa shape index (κ1) is 13.3. The zero-order valence-corrected chi connectivity index (χ0v) is 12.9. The lowest BCUT2D eigenvalue weighted by molar-refractivity contribution is 0.715. The van der Waals surface area contributed by atoms with Gasteiger partial charge in [-0.05, 0) is 42.7 Å². The van der Waals surface area contributed by atoms with E-state index in [1.165, 1.54) is 12.8 Å². The summed E-state index contributed by atoms with van der Waals surface area (Å²) in [7, 11) is 0. The molecule has 1 fully saturated rings. The minimum Gasteiger partial charge on any atom is -0.215 e. The van der Waals surface area contributed by atoms with Crippen molar-refractivity contribution in [3.63, 3.8) is 0 Å². The van der Waals surface area contributed by atoms with Gasteiger partial charge in [0.25, 0.3) is 0 Å². The Labute approximate surface area is 126 Å². The molecule has 2 nitrogen and oxygen atoms in total. The number of halogens is 2. The number of rotatable bonds is 2. The van der Waals surface area contributed by atoms with Crippen LogP contribution in [-0.2, 0) is 0 Å². The van der Waals surface area contributed by atoms with Gasteiger partial charge in [-0.1, -0.05) is 36.0 Å². The van der Waals surface area contributed by atoms with Gasteiger partial charge >= 0.3 is 0 Å². The summed E-state index contributed by atoms with van der Waals surface area (Å²) in [5.41, 5.74) is 2.10. The zero-order valence-electron chi connectivity index (χ0n) is 10.6. The minimum absolute atomic E-state index is 0.429. The molecule has 2 aromatic heterocycles. The quantitative estimate of drug-likeness (QED) is 0.686. The van der Waals surface area contributed by atoms with Crippen molar-refractivity contribution in [2.24, 2.45) is 0 Å². The van der Waals surface area contributed by atoms with Crippen molar-refractivity contribution < 1.29 is 0 Å². The summed E-state index contributed by atoms with van der Waals surface area (Å²) < 4.78 is 0. The summed E-state index contributed by atoms with van der Waals surface area (Å²) in [4.78, 5) is 9.97. The van der Waals surface area contributed by atoms with Crippen LogP contribution < -0.4 is 0 Å². The average molecular weight is 313 g/mol. The monoisotopic (exact) mass is 312 g/mol. The molecule has 0 aliphatic heterocycles. The first-order valence-corrected chi connectivity index (χ1v) is 8.07. The molecule has 100 valence electrons. The van der Waals surface area contributed by atoms with Crippen LogP contribution in [0.25, 0.3) is 10.7 Å². The number of nitrogens with zero attached hydrogens (tertiary/aromatic N) is 2. The van der Waals surface area contributed by atoms with E-state index in [1.807, 2.05) is 12.3 Å². The molecular weight excluding hydrogens is 299 g/mol. The Morgan fingerprint density at radius 2 is 1.79 bits per heavy atom. The fraction of sp³-hybridized carbons (Fsp3) is 0.429. The van der Waals surface area contributed by atoms with Gasteiger partial charge in [-0.2, -0.15) is 0 Å². The highest BCUT2D eigenvalue weighted by Gasteiger charge is 2.25. The molecule has 19 heavy (non-hydrogen) atoms. The molecule has 0 saturated heterocycles. The molecule has 2 heterocycles. The summed E-state index contributed by atoms with van der Waals surface area (Å²) in [6.45, 7) is 2.04. The second-order valence-corrected chi connectivity index (χ2v) is 6.59. The van der Waals surface area contributed by atoms with E-state index in [0.29, 0.717) is 22.0 Å². The van der Waals surface area contributed by atoms with Crippen molar-refractivity contribution in [1.29, 1.82) is 0 Å². The van der Waals surface area contributed by atoms with Crippen molar-refractivity contribution in [2.45, 2.75) is 38.5 Å². The molecular formula is C14H14Cl2N2S. The van der Waals surface area contributed by atoms with Crippen LogP contribution in [0.15, 0.2) is 11.4 Å². The Hall–Kier alpha value is -0.640. The van der Waals surface area contributed by atoms with Gasteiger partial charge in [-0.15, -0.1) is 11.3 Å². The third-order valence-electron chi connectivity index (χ3n) is 3.68. The molecule has 0 N–H and O–H groups in total. The second kappa shape index (κ2) is 5.39. The molecule has 2 aromatic rings. The molecule has 1 saturated carbocycles. The van der Waals surface area contributed by atoms with Crippen LogP contribution in [0.3, 0.4) is 0 Å². The molecule has 3 rings (SSSR count). The van der Waals surface area contributed by atoms with E-state index in [9.17, 15) is 0 Å². The van der Waals surface area contributed by atoms with Gasteiger partial charge < -0.3 is 0 Å². The molecule has 1 aliphatic rings. The van der Waals surface area contributed by atoms with E-state index in [4.69, 9.17) is 23.2 Å². The van der Waals surface area contributed by atoms with Crippen molar-refractivity contribution in [3.05, 3.63) is 32.9 Å². The van der Waals surface area contributed by atoms with Crippen LogP contribution in [0, 0.1) is 6.92 Å². The first-order valence-electron chi connectivity index (χ1n) is 6.44. The van der Waals surface area contributed by atoms with E-state index in [-0.39, 0.29) is 0 Å². The summed E-state index contributed by atoms with van der Waals surface area (Å²) in [6, 6.07) is 2.05. The summed E-state index contributed by atoms with van der Waals surface area (Å²) >= 11 is 14.3. The Bertz CT molecular complexity index is 580. The minimum atomic E-state index is 0.429. The molecule has 0 aromatic carbocycles. The summed E-state index contributed by atoms with van der Waals surface area (Å²) in [6.07, 6.45) is 4.76. The van der Waals surface area contributed by atoms with Crippen LogP contribution in [0.2, 0.25) is 10.3 Å². The topological polar surface area (TPSA) is 25.8 Å². The number of aryl methyl sites for hydroxylation is 1. The molecule has 0 radical (unpaired) electrons. The molecule has 0 bridgehead atoms.